The van der Waals surface area contributed by atoms with Gasteiger partial charge in [-0.25, -0.2) is 4.39 Å². The van der Waals surface area contributed by atoms with Crippen molar-refractivity contribution in [3.8, 4) is 5.69 Å². The molecule has 1 aliphatic heterocycles. The number of nitrogens with zero attached hydrogens (tertiary/aromatic N) is 2. The Morgan fingerprint density at radius 1 is 1.25 bits per heavy atom. The van der Waals surface area contributed by atoms with Crippen LogP contribution in [0.15, 0.2) is 47.4 Å². The maximum Gasteiger partial charge on any atom is 0.255 e. The Morgan fingerprint density at radius 3 is 2.79 bits per heavy atom. The first-order valence-corrected chi connectivity index (χ1v) is 9.20. The van der Waals surface area contributed by atoms with E-state index in [-0.39, 0.29) is 35.6 Å². The first kappa shape index (κ1) is 19.8. The maximum absolute atomic E-state index is 14.4. The molecular formula is C20H23FN4O3. The van der Waals surface area contributed by atoms with Crippen LogP contribution in [-0.2, 0) is 9.59 Å². The minimum Gasteiger partial charge on any atom is -0.355 e. The topological polar surface area (TPSA) is 83.4 Å². The Kier molecular flexibility index (Phi) is 6.20. The lowest BCUT2D eigenvalue weighted by Crippen LogP contribution is -2.43. The van der Waals surface area contributed by atoms with Gasteiger partial charge in [-0.15, -0.1) is 0 Å². The first-order valence-electron chi connectivity index (χ1n) is 9.20. The monoisotopic (exact) mass is 386 g/mol. The summed E-state index contributed by atoms with van der Waals surface area (Å²) in [7, 11) is 0. The summed E-state index contributed by atoms with van der Waals surface area (Å²) in [5.74, 6) is -1.04. The molecule has 2 aromatic rings. The van der Waals surface area contributed by atoms with E-state index in [4.69, 9.17) is 0 Å². The van der Waals surface area contributed by atoms with Crippen molar-refractivity contribution in [3.63, 3.8) is 0 Å². The molecule has 2 N–H and O–H groups in total. The van der Waals surface area contributed by atoms with E-state index in [1.165, 1.54) is 29.7 Å². The third-order valence-electron chi connectivity index (χ3n) is 4.76. The fourth-order valence-corrected chi connectivity index (χ4v) is 3.37. The second-order valence-electron chi connectivity index (χ2n) is 6.82. The number of carbonyl (C=O) groups is 2. The van der Waals surface area contributed by atoms with Crippen LogP contribution in [0, 0.1) is 5.82 Å². The highest BCUT2D eigenvalue weighted by atomic mass is 19.1. The number of anilines is 1. The largest absolute Gasteiger partial charge is 0.355 e. The highest BCUT2D eigenvalue weighted by Crippen LogP contribution is 2.19. The minimum atomic E-state index is -0.613. The number of nitrogens with one attached hydrogen (secondary N) is 2. The number of benzene rings is 1. The number of aromatic nitrogens is 1. The third-order valence-corrected chi connectivity index (χ3v) is 4.76. The molecule has 1 aromatic carbocycles. The van der Waals surface area contributed by atoms with E-state index in [2.05, 4.69) is 10.6 Å². The van der Waals surface area contributed by atoms with Gasteiger partial charge in [0.05, 0.1) is 17.9 Å². The standard InChI is InChI=1S/C20H23FN4O3/c1-14(26)22-12-16-5-4-9-24(16)13-19(27)23-18-8-7-15(11-17(18)21)25-10-3-2-6-20(25)28/h2-3,6-8,10-11,16H,4-5,9,12-13H2,1H3,(H,22,26)(H,23,27). The second kappa shape index (κ2) is 8.79. The smallest absolute Gasteiger partial charge is 0.255 e. The van der Waals surface area contributed by atoms with E-state index in [1.807, 2.05) is 4.90 Å². The summed E-state index contributed by atoms with van der Waals surface area (Å²) < 4.78 is 15.8. The van der Waals surface area contributed by atoms with Crippen LogP contribution in [0.25, 0.3) is 5.69 Å². The number of likely N-dealkylation sites (tertiary alicyclic amines) is 1. The molecular weight excluding hydrogens is 363 g/mol. The molecule has 1 unspecified atom stereocenters. The highest BCUT2D eigenvalue weighted by Gasteiger charge is 2.26. The van der Waals surface area contributed by atoms with Gasteiger partial charge in [0.2, 0.25) is 11.8 Å². The second-order valence-corrected chi connectivity index (χ2v) is 6.82. The lowest BCUT2D eigenvalue weighted by atomic mass is 10.2. The van der Waals surface area contributed by atoms with Crippen LogP contribution in [-0.4, -0.2) is 47.0 Å². The van der Waals surface area contributed by atoms with Crippen LogP contribution in [0.4, 0.5) is 10.1 Å². The number of pyridine rings is 1. The Morgan fingerprint density at radius 2 is 2.07 bits per heavy atom. The molecule has 8 heteroatoms. The van der Waals surface area contributed by atoms with E-state index < -0.39 is 5.82 Å². The molecule has 2 heterocycles. The third kappa shape index (κ3) is 4.83. The van der Waals surface area contributed by atoms with E-state index >= 15 is 0 Å². The number of amides is 2. The quantitative estimate of drug-likeness (QED) is 0.789. The van der Waals surface area contributed by atoms with Crippen LogP contribution < -0.4 is 16.2 Å². The zero-order chi connectivity index (χ0) is 20.1. The molecule has 1 aliphatic rings. The van der Waals surface area contributed by atoms with Crippen LogP contribution >= 0.6 is 0 Å². The summed E-state index contributed by atoms with van der Waals surface area (Å²) >= 11 is 0. The number of rotatable bonds is 6. The van der Waals surface area contributed by atoms with Crippen LogP contribution in [0.5, 0.6) is 0 Å². The van der Waals surface area contributed by atoms with Gasteiger partial charge in [0, 0.05) is 37.8 Å². The molecule has 7 nitrogen and oxygen atoms in total. The van der Waals surface area contributed by atoms with Gasteiger partial charge in [-0.2, -0.15) is 0 Å². The molecule has 0 spiro atoms. The van der Waals surface area contributed by atoms with Crippen LogP contribution in [0.3, 0.4) is 0 Å². The van der Waals surface area contributed by atoms with Crippen LogP contribution in [0.2, 0.25) is 0 Å². The van der Waals surface area contributed by atoms with Gasteiger partial charge < -0.3 is 10.6 Å². The number of carbonyl (C=O) groups excluding carboxylic acids is 2. The molecule has 0 radical (unpaired) electrons. The van der Waals surface area contributed by atoms with E-state index in [9.17, 15) is 18.8 Å². The fourth-order valence-electron chi connectivity index (χ4n) is 3.37. The van der Waals surface area contributed by atoms with E-state index in [1.54, 1.807) is 24.4 Å². The van der Waals surface area contributed by atoms with Crippen molar-refractivity contribution in [3.05, 3.63) is 58.8 Å². The number of hydrogen-bond acceptors (Lipinski definition) is 4. The molecule has 148 valence electrons. The Hall–Kier alpha value is -3.00. The van der Waals surface area contributed by atoms with Crippen molar-refractivity contribution in [2.24, 2.45) is 0 Å². The summed E-state index contributed by atoms with van der Waals surface area (Å²) in [5, 5.41) is 5.36. The fraction of sp³-hybridized carbons (Fsp3) is 0.350. The van der Waals surface area contributed by atoms with Gasteiger partial charge in [0.15, 0.2) is 0 Å². The zero-order valence-corrected chi connectivity index (χ0v) is 15.7. The lowest BCUT2D eigenvalue weighted by molar-refractivity contribution is -0.119. The van der Waals surface area contributed by atoms with Crippen molar-refractivity contribution < 1.29 is 14.0 Å². The summed E-state index contributed by atoms with van der Waals surface area (Å²) in [6.45, 7) is 2.85. The molecule has 3 rings (SSSR count). The van der Waals surface area contributed by atoms with Crippen molar-refractivity contribution in [1.82, 2.24) is 14.8 Å². The summed E-state index contributed by atoms with van der Waals surface area (Å²) in [6.07, 6.45) is 3.41. The van der Waals surface area contributed by atoms with Gasteiger partial charge in [-0.3, -0.25) is 23.9 Å². The van der Waals surface area contributed by atoms with Gasteiger partial charge in [0.1, 0.15) is 5.82 Å². The molecule has 0 bridgehead atoms. The molecule has 1 aromatic heterocycles. The first-order chi connectivity index (χ1) is 13.4. The van der Waals surface area contributed by atoms with Crippen molar-refractivity contribution in [1.29, 1.82) is 0 Å². The van der Waals surface area contributed by atoms with Gasteiger partial charge in [0.25, 0.3) is 5.56 Å². The molecule has 28 heavy (non-hydrogen) atoms. The number of halogens is 1. The van der Waals surface area contributed by atoms with E-state index in [0.29, 0.717) is 12.2 Å². The highest BCUT2D eigenvalue weighted by molar-refractivity contribution is 5.92. The van der Waals surface area contributed by atoms with Gasteiger partial charge >= 0.3 is 0 Å². The molecule has 1 fully saturated rings. The number of hydrogen-bond donors (Lipinski definition) is 2. The Bertz CT molecular complexity index is 928. The van der Waals surface area contributed by atoms with Gasteiger partial charge in [-0.1, -0.05) is 6.07 Å². The van der Waals surface area contributed by atoms with E-state index in [0.717, 1.165) is 19.4 Å². The molecule has 0 saturated carbocycles. The molecule has 1 atom stereocenters. The predicted molar refractivity (Wildman–Crippen MR) is 104 cm³/mol. The summed E-state index contributed by atoms with van der Waals surface area (Å²) in [4.78, 5) is 37.3. The maximum atomic E-state index is 14.4. The Balaban J connectivity index is 1.63. The van der Waals surface area contributed by atoms with Crippen molar-refractivity contribution in [2.45, 2.75) is 25.8 Å². The average molecular weight is 386 g/mol. The van der Waals surface area contributed by atoms with Crippen molar-refractivity contribution >= 4 is 17.5 Å². The Labute approximate surface area is 162 Å². The summed E-state index contributed by atoms with van der Waals surface area (Å²) in [6, 6.07) is 9.03. The minimum absolute atomic E-state index is 0.0651. The molecule has 2 amide bonds. The predicted octanol–water partition coefficient (Wildman–Crippen LogP) is 1.52. The van der Waals surface area contributed by atoms with Crippen molar-refractivity contribution in [2.75, 3.05) is 25.0 Å². The molecule has 0 aliphatic carbocycles. The van der Waals surface area contributed by atoms with Crippen LogP contribution in [0.1, 0.15) is 19.8 Å². The van der Waals surface area contributed by atoms with Gasteiger partial charge in [-0.05, 0) is 37.6 Å². The SMILES string of the molecule is CC(=O)NCC1CCCN1CC(=O)Nc1ccc(-n2ccccc2=O)cc1F. The normalized spacial score (nSPS) is 16.7. The molecule has 1 saturated heterocycles. The zero-order valence-electron chi connectivity index (χ0n) is 15.7. The average Bonchev–Trinajstić information content (AvgIpc) is 3.09. The lowest BCUT2D eigenvalue weighted by Gasteiger charge is -2.24. The summed E-state index contributed by atoms with van der Waals surface area (Å²) in [5.41, 5.74) is 0.185.